The second-order valence-electron chi connectivity index (χ2n) is 14.8. The Morgan fingerprint density at radius 2 is 0.672 bits per heavy atom. The molecule has 0 saturated heterocycles. The molecule has 0 radical (unpaired) electrons. The highest BCUT2D eigenvalue weighted by molar-refractivity contribution is 6.13. The number of hydrogen-bond donors (Lipinski definition) is 0. The van der Waals surface area contributed by atoms with Crippen LogP contribution in [-0.4, -0.2) is 15.0 Å². The van der Waals surface area contributed by atoms with Crippen LogP contribution in [0, 0.1) is 0 Å². The van der Waals surface area contributed by atoms with Crippen molar-refractivity contribution in [3.63, 3.8) is 0 Å². The van der Waals surface area contributed by atoms with Gasteiger partial charge >= 0.3 is 0 Å². The summed E-state index contributed by atoms with van der Waals surface area (Å²) in [6.07, 6.45) is 0. The molecule has 0 saturated carbocycles. The van der Waals surface area contributed by atoms with Crippen molar-refractivity contribution in [3.8, 4) is 67.5 Å². The fraction of sp³-hybridized carbons (Fsp3) is 0. The molecule has 10 aromatic carbocycles. The van der Waals surface area contributed by atoms with E-state index >= 15 is 0 Å². The predicted octanol–water partition coefficient (Wildman–Crippen LogP) is 14.5. The Kier molecular flexibility index (Phi) is 8.15. The fourth-order valence-corrected chi connectivity index (χ4v) is 8.42. The molecule has 3 nitrogen and oxygen atoms in total. The average Bonchev–Trinajstić information content (AvgIpc) is 3.31. The van der Waals surface area contributed by atoms with E-state index in [1.54, 1.807) is 0 Å². The normalized spacial score (nSPS) is 11.4. The highest BCUT2D eigenvalue weighted by Crippen LogP contribution is 2.39. The topological polar surface area (TPSA) is 38.7 Å². The lowest BCUT2D eigenvalue weighted by molar-refractivity contribution is 1.08. The Balaban J connectivity index is 1.09. The Morgan fingerprint density at radius 1 is 0.207 bits per heavy atom. The maximum Gasteiger partial charge on any atom is 0.164 e. The average molecular weight is 738 g/mol. The molecule has 0 fully saturated rings. The molecule has 11 rings (SSSR count). The SMILES string of the molecule is c1ccc(-c2ccc3cc(-c4cccc(-c5nc(-c6ccc(-c7ccccc7)c7ccccc67)nc(-c6cc7ccccc7c7ccccc67)n5)c4)ccc3c2)cc1. The molecule has 1 aromatic heterocycles. The second kappa shape index (κ2) is 14.1. The zero-order valence-corrected chi connectivity index (χ0v) is 31.5. The van der Waals surface area contributed by atoms with Gasteiger partial charge in [-0.3, -0.25) is 0 Å². The Labute approximate surface area is 336 Å². The zero-order chi connectivity index (χ0) is 38.4. The number of nitrogens with zero attached hydrogens (tertiary/aromatic N) is 3. The van der Waals surface area contributed by atoms with Gasteiger partial charge in [-0.15, -0.1) is 0 Å². The molecular formula is C55H35N3. The van der Waals surface area contributed by atoms with E-state index in [4.69, 9.17) is 15.0 Å². The summed E-state index contributed by atoms with van der Waals surface area (Å²) < 4.78 is 0. The van der Waals surface area contributed by atoms with Gasteiger partial charge in [0.1, 0.15) is 0 Å². The minimum Gasteiger partial charge on any atom is -0.208 e. The van der Waals surface area contributed by atoms with Crippen LogP contribution in [0.3, 0.4) is 0 Å². The van der Waals surface area contributed by atoms with E-state index in [1.807, 2.05) is 0 Å². The van der Waals surface area contributed by atoms with E-state index in [0.717, 1.165) is 49.4 Å². The third-order valence-corrected chi connectivity index (χ3v) is 11.3. The van der Waals surface area contributed by atoms with Crippen molar-refractivity contribution in [1.82, 2.24) is 15.0 Å². The van der Waals surface area contributed by atoms with Crippen molar-refractivity contribution in [2.24, 2.45) is 0 Å². The smallest absolute Gasteiger partial charge is 0.164 e. The van der Waals surface area contributed by atoms with Gasteiger partial charge in [0, 0.05) is 16.7 Å². The number of benzene rings is 10. The van der Waals surface area contributed by atoms with E-state index in [-0.39, 0.29) is 0 Å². The quantitative estimate of drug-likeness (QED) is 0.160. The van der Waals surface area contributed by atoms with Gasteiger partial charge in [-0.1, -0.05) is 182 Å². The molecule has 0 atom stereocenters. The molecular weight excluding hydrogens is 703 g/mol. The third kappa shape index (κ3) is 5.98. The minimum absolute atomic E-state index is 0.628. The lowest BCUT2D eigenvalue weighted by Crippen LogP contribution is -2.01. The first-order valence-electron chi connectivity index (χ1n) is 19.7. The van der Waals surface area contributed by atoms with E-state index in [2.05, 4.69) is 212 Å². The molecule has 58 heavy (non-hydrogen) atoms. The largest absolute Gasteiger partial charge is 0.208 e. The highest BCUT2D eigenvalue weighted by atomic mass is 15.0. The molecule has 270 valence electrons. The molecule has 0 spiro atoms. The Hall–Kier alpha value is -7.75. The van der Waals surface area contributed by atoms with E-state index in [9.17, 15) is 0 Å². The summed E-state index contributed by atoms with van der Waals surface area (Å²) in [6, 6.07) is 75.3. The first-order chi connectivity index (χ1) is 28.7. The molecule has 3 heteroatoms. The summed E-state index contributed by atoms with van der Waals surface area (Å²) in [6.45, 7) is 0. The van der Waals surface area contributed by atoms with Gasteiger partial charge in [-0.05, 0) is 107 Å². The molecule has 0 unspecified atom stereocenters. The zero-order valence-electron chi connectivity index (χ0n) is 31.5. The maximum absolute atomic E-state index is 5.33. The van der Waals surface area contributed by atoms with E-state index in [1.165, 1.54) is 43.8 Å². The lowest BCUT2D eigenvalue weighted by Gasteiger charge is -2.15. The van der Waals surface area contributed by atoms with Crippen LogP contribution in [0.1, 0.15) is 0 Å². The van der Waals surface area contributed by atoms with Crippen LogP contribution in [0.2, 0.25) is 0 Å². The van der Waals surface area contributed by atoms with Gasteiger partial charge in [0.25, 0.3) is 0 Å². The van der Waals surface area contributed by atoms with Crippen LogP contribution in [0.4, 0.5) is 0 Å². The third-order valence-electron chi connectivity index (χ3n) is 11.3. The highest BCUT2D eigenvalue weighted by Gasteiger charge is 2.19. The summed E-state index contributed by atoms with van der Waals surface area (Å²) in [4.78, 5) is 15.9. The fourth-order valence-electron chi connectivity index (χ4n) is 8.42. The van der Waals surface area contributed by atoms with Crippen molar-refractivity contribution < 1.29 is 0 Å². The predicted molar refractivity (Wildman–Crippen MR) is 242 cm³/mol. The van der Waals surface area contributed by atoms with Crippen LogP contribution in [0.25, 0.3) is 111 Å². The molecule has 0 aliphatic carbocycles. The summed E-state index contributed by atoms with van der Waals surface area (Å²) >= 11 is 0. The van der Waals surface area contributed by atoms with Crippen LogP contribution in [-0.2, 0) is 0 Å². The van der Waals surface area contributed by atoms with Gasteiger partial charge in [0.05, 0.1) is 0 Å². The standard InChI is InChI=1S/C55H35N3/c1-3-14-36(15-4-1)39-26-27-42-33-40(28-29-41(42)32-39)38-19-13-20-44(34-38)53-56-54(51-31-30-46(37-16-5-2-6-17-37)48-23-9-11-24-49(48)51)58-55(57-53)52-35-43-18-7-8-21-45(43)47-22-10-12-25-50(47)52/h1-35H. The van der Waals surface area contributed by atoms with Crippen molar-refractivity contribution in [1.29, 1.82) is 0 Å². The molecule has 1 heterocycles. The second-order valence-corrected chi connectivity index (χ2v) is 14.8. The number of hydrogen-bond acceptors (Lipinski definition) is 3. The Bertz CT molecular complexity index is 3340. The lowest BCUT2D eigenvalue weighted by atomic mass is 9.94. The monoisotopic (exact) mass is 737 g/mol. The van der Waals surface area contributed by atoms with E-state index < -0.39 is 0 Å². The molecule has 0 aliphatic rings. The molecule has 11 aromatic rings. The van der Waals surface area contributed by atoms with Crippen molar-refractivity contribution >= 4 is 43.1 Å². The first kappa shape index (κ1) is 33.6. The van der Waals surface area contributed by atoms with Crippen molar-refractivity contribution in [3.05, 3.63) is 212 Å². The number of fused-ring (bicyclic) bond motifs is 5. The number of aromatic nitrogens is 3. The molecule has 0 bridgehead atoms. The molecule has 0 amide bonds. The van der Waals surface area contributed by atoms with Crippen LogP contribution >= 0.6 is 0 Å². The van der Waals surface area contributed by atoms with E-state index in [0.29, 0.717) is 17.5 Å². The summed E-state index contributed by atoms with van der Waals surface area (Å²) in [7, 11) is 0. The molecule has 0 N–H and O–H groups in total. The van der Waals surface area contributed by atoms with Crippen molar-refractivity contribution in [2.75, 3.05) is 0 Å². The first-order valence-corrected chi connectivity index (χ1v) is 19.7. The van der Waals surface area contributed by atoms with Gasteiger partial charge in [0.15, 0.2) is 17.5 Å². The Morgan fingerprint density at radius 3 is 1.38 bits per heavy atom. The van der Waals surface area contributed by atoms with Gasteiger partial charge in [0.2, 0.25) is 0 Å². The van der Waals surface area contributed by atoms with Crippen LogP contribution in [0.15, 0.2) is 212 Å². The van der Waals surface area contributed by atoms with Gasteiger partial charge < -0.3 is 0 Å². The molecule has 0 aliphatic heterocycles. The summed E-state index contributed by atoms with van der Waals surface area (Å²) in [5.41, 5.74) is 9.89. The minimum atomic E-state index is 0.628. The van der Waals surface area contributed by atoms with Crippen LogP contribution < -0.4 is 0 Å². The van der Waals surface area contributed by atoms with Crippen molar-refractivity contribution in [2.45, 2.75) is 0 Å². The summed E-state index contributed by atoms with van der Waals surface area (Å²) in [5, 5.41) is 9.28. The maximum atomic E-state index is 5.33. The summed E-state index contributed by atoms with van der Waals surface area (Å²) in [5.74, 6) is 1.91. The van der Waals surface area contributed by atoms with Gasteiger partial charge in [-0.25, -0.2) is 15.0 Å². The van der Waals surface area contributed by atoms with Crippen LogP contribution in [0.5, 0.6) is 0 Å². The number of rotatable bonds is 6. The van der Waals surface area contributed by atoms with Gasteiger partial charge in [-0.2, -0.15) is 0 Å².